The van der Waals surface area contributed by atoms with Crippen molar-refractivity contribution in [3.8, 4) is 0 Å². The van der Waals surface area contributed by atoms with Gasteiger partial charge in [0.25, 0.3) is 0 Å². The number of halogens is 1. The van der Waals surface area contributed by atoms with Crippen LogP contribution in [0.3, 0.4) is 0 Å². The molecule has 0 N–H and O–H groups in total. The summed E-state index contributed by atoms with van der Waals surface area (Å²) in [4.78, 5) is 0. The summed E-state index contributed by atoms with van der Waals surface area (Å²) < 4.78 is 26.3. The molecule has 4 rings (SSSR count). The van der Waals surface area contributed by atoms with E-state index in [4.69, 9.17) is 9.47 Å². The van der Waals surface area contributed by atoms with Crippen molar-refractivity contribution in [1.82, 2.24) is 0 Å². The average molecular weight is 326 g/mol. The number of ether oxygens (including phenoxy) is 2. The highest BCUT2D eigenvalue weighted by molar-refractivity contribution is 5.30. The number of rotatable bonds is 4. The second kappa shape index (κ2) is 6.66. The van der Waals surface area contributed by atoms with E-state index >= 15 is 0 Å². The Labute approximate surface area is 142 Å². The quantitative estimate of drug-likeness (QED) is 0.825. The molecule has 2 fully saturated rings. The zero-order valence-corrected chi connectivity index (χ0v) is 13.8. The zero-order valence-electron chi connectivity index (χ0n) is 13.8. The largest absolute Gasteiger partial charge is 0.380 e. The fourth-order valence-corrected chi connectivity index (χ4v) is 4.32. The highest BCUT2D eigenvalue weighted by Crippen LogP contribution is 2.49. The average Bonchev–Trinajstić information content (AvgIpc) is 3.05. The number of benzene rings is 2. The smallest absolute Gasteiger partial charge is 0.127 e. The summed E-state index contributed by atoms with van der Waals surface area (Å²) in [5.41, 5.74) is 1.86. The predicted molar refractivity (Wildman–Crippen MR) is 91.3 cm³/mol. The van der Waals surface area contributed by atoms with E-state index in [1.807, 2.05) is 30.3 Å². The number of hydrogen-bond acceptors (Lipinski definition) is 2. The van der Waals surface area contributed by atoms with Gasteiger partial charge in [-0.25, -0.2) is 4.39 Å². The Bertz CT molecular complexity index is 687. The van der Waals surface area contributed by atoms with Crippen molar-refractivity contribution in [2.45, 2.75) is 37.4 Å². The molecule has 126 valence electrons. The Kier molecular flexibility index (Phi) is 4.38. The lowest BCUT2D eigenvalue weighted by Crippen LogP contribution is -2.42. The Morgan fingerprint density at radius 3 is 2.71 bits per heavy atom. The molecule has 2 aromatic carbocycles. The summed E-state index contributed by atoms with van der Waals surface area (Å²) in [6, 6.07) is 17.5. The lowest BCUT2D eigenvalue weighted by molar-refractivity contribution is -0.0121. The van der Waals surface area contributed by atoms with E-state index < -0.39 is 0 Å². The Morgan fingerprint density at radius 2 is 1.88 bits per heavy atom. The first-order valence-electron chi connectivity index (χ1n) is 8.76. The van der Waals surface area contributed by atoms with E-state index in [9.17, 15) is 4.39 Å². The first kappa shape index (κ1) is 15.8. The topological polar surface area (TPSA) is 18.5 Å². The van der Waals surface area contributed by atoms with Crippen LogP contribution in [0.15, 0.2) is 54.6 Å². The molecule has 2 aliphatic rings. The summed E-state index contributed by atoms with van der Waals surface area (Å²) in [6.45, 7) is 1.98. The molecule has 3 atom stereocenters. The van der Waals surface area contributed by atoms with E-state index in [2.05, 4.69) is 12.1 Å². The third-order valence-electron chi connectivity index (χ3n) is 5.66. The summed E-state index contributed by atoms with van der Waals surface area (Å²) in [5, 5.41) is 0. The first-order chi connectivity index (χ1) is 11.8. The Balaban J connectivity index is 1.46. The molecule has 1 saturated heterocycles. The fourth-order valence-electron chi connectivity index (χ4n) is 4.32. The van der Waals surface area contributed by atoms with Gasteiger partial charge in [0, 0.05) is 5.41 Å². The van der Waals surface area contributed by atoms with Gasteiger partial charge in [-0.05, 0) is 42.4 Å². The third-order valence-corrected chi connectivity index (χ3v) is 5.66. The van der Waals surface area contributed by atoms with Gasteiger partial charge in [-0.2, -0.15) is 0 Å². The molecule has 0 amide bonds. The fraction of sp³-hybridized carbons (Fsp3) is 0.429. The third kappa shape index (κ3) is 2.87. The maximum Gasteiger partial charge on any atom is 0.127 e. The zero-order chi connectivity index (χ0) is 16.4. The van der Waals surface area contributed by atoms with Crippen LogP contribution in [0, 0.1) is 11.7 Å². The van der Waals surface area contributed by atoms with Gasteiger partial charge in [0.15, 0.2) is 0 Å². The monoisotopic (exact) mass is 326 g/mol. The molecular weight excluding hydrogens is 303 g/mol. The predicted octanol–water partition coefficient (Wildman–Crippen LogP) is 4.48. The van der Waals surface area contributed by atoms with Crippen LogP contribution in [0.5, 0.6) is 0 Å². The molecule has 1 heterocycles. The van der Waals surface area contributed by atoms with Crippen molar-refractivity contribution in [3.63, 3.8) is 0 Å². The second-order valence-electron chi connectivity index (χ2n) is 7.04. The van der Waals surface area contributed by atoms with Crippen LogP contribution >= 0.6 is 0 Å². The minimum Gasteiger partial charge on any atom is -0.380 e. The maximum atomic E-state index is 14.4. The van der Waals surface area contributed by atoms with Crippen LogP contribution in [-0.2, 0) is 21.5 Å². The minimum absolute atomic E-state index is 0.100. The van der Waals surface area contributed by atoms with Crippen LogP contribution < -0.4 is 0 Å². The molecular formula is C21H23FO2. The van der Waals surface area contributed by atoms with Crippen molar-refractivity contribution in [3.05, 3.63) is 71.5 Å². The van der Waals surface area contributed by atoms with E-state index in [1.54, 1.807) is 12.1 Å². The van der Waals surface area contributed by atoms with Gasteiger partial charge in [0.05, 0.1) is 25.9 Å². The SMILES string of the molecule is Fc1ccccc1[C@]12CC[C@@H](OCc3ccccc3)C[C@H]1COC2. The van der Waals surface area contributed by atoms with Gasteiger partial charge in [0.1, 0.15) is 5.82 Å². The summed E-state index contributed by atoms with van der Waals surface area (Å²) in [5.74, 6) is 0.237. The Morgan fingerprint density at radius 1 is 1.08 bits per heavy atom. The van der Waals surface area contributed by atoms with Crippen molar-refractivity contribution in [2.24, 2.45) is 5.92 Å². The molecule has 0 aromatic heterocycles. The van der Waals surface area contributed by atoms with Crippen LogP contribution in [0.1, 0.15) is 30.4 Å². The first-order valence-corrected chi connectivity index (χ1v) is 8.76. The molecule has 24 heavy (non-hydrogen) atoms. The summed E-state index contributed by atoms with van der Waals surface area (Å²) >= 11 is 0. The molecule has 1 aliphatic carbocycles. The molecule has 2 aromatic rings. The normalized spacial score (nSPS) is 29.4. The van der Waals surface area contributed by atoms with Crippen LogP contribution in [0.2, 0.25) is 0 Å². The van der Waals surface area contributed by atoms with Gasteiger partial charge in [-0.1, -0.05) is 48.5 Å². The van der Waals surface area contributed by atoms with Crippen molar-refractivity contribution < 1.29 is 13.9 Å². The standard InChI is InChI=1S/C21H23FO2/c22-20-9-5-4-8-19(20)21-11-10-18(12-17(21)14-23-15-21)24-13-16-6-2-1-3-7-16/h1-9,17-18H,10-15H2/t17-,18+,21-/m0/s1. The molecule has 3 heteroatoms. The highest BCUT2D eigenvalue weighted by atomic mass is 19.1. The van der Waals surface area contributed by atoms with Crippen LogP contribution in [0.4, 0.5) is 4.39 Å². The van der Waals surface area contributed by atoms with E-state index in [1.165, 1.54) is 5.56 Å². The van der Waals surface area contributed by atoms with Crippen molar-refractivity contribution in [1.29, 1.82) is 0 Å². The van der Waals surface area contributed by atoms with Gasteiger partial charge >= 0.3 is 0 Å². The minimum atomic E-state index is -0.169. The van der Waals surface area contributed by atoms with Crippen molar-refractivity contribution >= 4 is 0 Å². The van der Waals surface area contributed by atoms with Gasteiger partial charge < -0.3 is 9.47 Å². The molecule has 1 saturated carbocycles. The number of fused-ring (bicyclic) bond motifs is 1. The maximum absolute atomic E-state index is 14.4. The molecule has 2 nitrogen and oxygen atoms in total. The van der Waals surface area contributed by atoms with E-state index in [0.717, 1.165) is 24.8 Å². The van der Waals surface area contributed by atoms with Crippen LogP contribution in [-0.4, -0.2) is 19.3 Å². The lowest BCUT2D eigenvalue weighted by atomic mass is 9.63. The Hall–Kier alpha value is -1.71. The van der Waals surface area contributed by atoms with Gasteiger partial charge in [0.2, 0.25) is 0 Å². The van der Waals surface area contributed by atoms with Gasteiger partial charge in [-0.3, -0.25) is 0 Å². The highest BCUT2D eigenvalue weighted by Gasteiger charge is 2.50. The molecule has 0 unspecified atom stereocenters. The van der Waals surface area contributed by atoms with Crippen molar-refractivity contribution in [2.75, 3.05) is 13.2 Å². The number of hydrogen-bond donors (Lipinski definition) is 0. The van der Waals surface area contributed by atoms with E-state index in [0.29, 0.717) is 25.7 Å². The van der Waals surface area contributed by atoms with Gasteiger partial charge in [-0.15, -0.1) is 0 Å². The molecule has 1 aliphatic heterocycles. The second-order valence-corrected chi connectivity index (χ2v) is 7.04. The van der Waals surface area contributed by atoms with Crippen LogP contribution in [0.25, 0.3) is 0 Å². The lowest BCUT2D eigenvalue weighted by Gasteiger charge is -2.41. The summed E-state index contributed by atoms with van der Waals surface area (Å²) in [7, 11) is 0. The molecule has 0 spiro atoms. The molecule has 0 radical (unpaired) electrons. The summed E-state index contributed by atoms with van der Waals surface area (Å²) in [6.07, 6.45) is 3.07. The molecule has 0 bridgehead atoms. The van der Waals surface area contributed by atoms with E-state index in [-0.39, 0.29) is 17.3 Å².